The van der Waals surface area contributed by atoms with Crippen molar-refractivity contribution in [3.63, 3.8) is 0 Å². The highest BCUT2D eigenvalue weighted by Gasteiger charge is 2.33. The highest BCUT2D eigenvalue weighted by atomic mass is 127. The number of alkyl halides is 1. The van der Waals surface area contributed by atoms with Crippen molar-refractivity contribution in [2.24, 2.45) is 0 Å². The Bertz CT molecular complexity index is 2060. The van der Waals surface area contributed by atoms with E-state index in [0.717, 1.165) is 17.1 Å². The normalized spacial score (nSPS) is 16.7. The first-order valence-electron chi connectivity index (χ1n) is 18.2. The summed E-state index contributed by atoms with van der Waals surface area (Å²) in [5.41, 5.74) is 3.15. The number of anilines is 4. The van der Waals surface area contributed by atoms with Gasteiger partial charge >= 0.3 is 6.09 Å². The van der Waals surface area contributed by atoms with Crippen LogP contribution in [0.4, 0.5) is 27.5 Å². The summed E-state index contributed by atoms with van der Waals surface area (Å²) in [6.07, 6.45) is -1.66. The average molecular weight is 1020 g/mol. The van der Waals surface area contributed by atoms with E-state index < -0.39 is 18.3 Å². The standard InChI is InChI=1S/C19H18ClN3O5S.C19H22ClN3O4S.CH3I.CH4/c20-16-6-5-15(29-16)18(25)21-9-14-10-23(19(26)28-14)13-3-1-12(2-4-13)22-7-8-27-11-17(22)24;1-22(11-15(24)10-21-19(26)16-6-7-17(20)28-16)13-2-4-14(5-3-13)23-8-9-27-12-18(23)25;1-2;/h1-6,14H,7-11H2,(H,21,25);2-7,15,24H,8-12H2,1H3,(H,21,26);1H3;1H4/t14-;15-;;/m00../s1. The molecule has 0 saturated carbocycles. The molecule has 2 aromatic carbocycles. The molecule has 15 nitrogen and oxygen atoms in total. The van der Waals surface area contributed by atoms with E-state index in [1.807, 2.05) is 41.1 Å². The molecule has 3 N–H and O–H groups in total. The Morgan fingerprint density at radius 3 is 1.72 bits per heavy atom. The Hall–Kier alpha value is -4.02. The third-order valence-corrected chi connectivity index (χ3v) is 11.4. The van der Waals surface area contributed by atoms with E-state index in [2.05, 4.69) is 33.2 Å². The molecule has 0 unspecified atom stereocenters. The summed E-state index contributed by atoms with van der Waals surface area (Å²) in [6, 6.07) is 21.3. The van der Waals surface area contributed by atoms with Gasteiger partial charge in [0.05, 0.1) is 50.8 Å². The van der Waals surface area contributed by atoms with Crippen LogP contribution in [-0.4, -0.2) is 125 Å². The summed E-state index contributed by atoms with van der Waals surface area (Å²) in [4.78, 5) is 69.9. The average Bonchev–Trinajstić information content (AvgIpc) is 4.00. The monoisotopic (exact) mass is 1020 g/mol. The summed E-state index contributed by atoms with van der Waals surface area (Å²) in [5.74, 6) is -0.646. The van der Waals surface area contributed by atoms with Crippen molar-refractivity contribution >= 4 is 121 Å². The minimum absolute atomic E-state index is 0. The van der Waals surface area contributed by atoms with Gasteiger partial charge < -0.3 is 44.7 Å². The number of halogens is 3. The van der Waals surface area contributed by atoms with Crippen molar-refractivity contribution in [1.82, 2.24) is 10.6 Å². The summed E-state index contributed by atoms with van der Waals surface area (Å²) < 4.78 is 16.7. The minimum atomic E-state index is -0.732. The van der Waals surface area contributed by atoms with E-state index in [0.29, 0.717) is 63.5 Å². The molecule has 3 fully saturated rings. The second-order valence-electron chi connectivity index (χ2n) is 13.0. The summed E-state index contributed by atoms with van der Waals surface area (Å²) in [5, 5.41) is 15.7. The second-order valence-corrected chi connectivity index (χ2v) is 16.4. The number of aliphatic hydroxyl groups excluding tert-OH is 1. The molecule has 3 aliphatic rings. The van der Waals surface area contributed by atoms with Crippen LogP contribution in [-0.2, 0) is 23.8 Å². The van der Waals surface area contributed by atoms with Crippen molar-refractivity contribution in [1.29, 1.82) is 0 Å². The zero-order valence-corrected chi connectivity index (χ0v) is 37.4. The number of ether oxygens (including phenoxy) is 3. The van der Waals surface area contributed by atoms with Gasteiger partial charge in [-0.3, -0.25) is 24.1 Å². The zero-order valence-electron chi connectivity index (χ0n) is 32.1. The van der Waals surface area contributed by atoms with Gasteiger partial charge in [0.1, 0.15) is 19.3 Å². The van der Waals surface area contributed by atoms with Crippen LogP contribution in [0.15, 0.2) is 72.8 Å². The molecule has 4 aromatic rings. The van der Waals surface area contributed by atoms with Gasteiger partial charge in [-0.15, -0.1) is 22.7 Å². The van der Waals surface area contributed by atoms with E-state index in [-0.39, 0.29) is 57.4 Å². The van der Waals surface area contributed by atoms with Gasteiger partial charge in [-0.1, -0.05) is 53.2 Å². The number of carbonyl (C=O) groups excluding carboxylic acids is 5. The minimum Gasteiger partial charge on any atom is -0.442 e. The van der Waals surface area contributed by atoms with E-state index in [4.69, 9.17) is 37.4 Å². The fourth-order valence-corrected chi connectivity index (χ4v) is 7.99. The lowest BCUT2D eigenvalue weighted by atomic mass is 10.2. The first kappa shape index (κ1) is 48.6. The molecule has 60 heavy (non-hydrogen) atoms. The highest BCUT2D eigenvalue weighted by molar-refractivity contribution is 14.1. The van der Waals surface area contributed by atoms with E-state index in [1.54, 1.807) is 58.3 Å². The number of amides is 5. The Kier molecular flexibility index (Phi) is 19.3. The third kappa shape index (κ3) is 13.5. The molecule has 5 heterocycles. The Labute approximate surface area is 380 Å². The van der Waals surface area contributed by atoms with Crippen molar-refractivity contribution in [3.8, 4) is 0 Å². The van der Waals surface area contributed by atoms with Gasteiger partial charge in [-0.2, -0.15) is 0 Å². The third-order valence-electron chi connectivity index (χ3n) is 8.99. The number of cyclic esters (lactones) is 1. The van der Waals surface area contributed by atoms with Crippen molar-refractivity contribution in [3.05, 3.63) is 91.2 Å². The van der Waals surface area contributed by atoms with Crippen LogP contribution in [0.2, 0.25) is 8.67 Å². The molecule has 3 saturated heterocycles. The van der Waals surface area contributed by atoms with Crippen LogP contribution in [0.25, 0.3) is 0 Å². The molecular weight excluding hydrogens is 970 g/mol. The molecule has 3 aliphatic heterocycles. The maximum Gasteiger partial charge on any atom is 0.414 e. The maximum atomic E-state index is 12.2. The molecule has 0 bridgehead atoms. The number of rotatable bonds is 12. The number of nitrogens with zero attached hydrogens (tertiary/aromatic N) is 4. The number of carbonyl (C=O) groups is 5. The van der Waals surface area contributed by atoms with Gasteiger partial charge in [-0.25, -0.2) is 4.79 Å². The number of thiophene rings is 2. The molecule has 7 rings (SSSR count). The molecule has 0 aliphatic carbocycles. The van der Waals surface area contributed by atoms with E-state index in [1.165, 1.54) is 27.6 Å². The summed E-state index contributed by atoms with van der Waals surface area (Å²) in [7, 11) is 1.86. The predicted molar refractivity (Wildman–Crippen MR) is 246 cm³/mol. The summed E-state index contributed by atoms with van der Waals surface area (Å²) in [6.45, 7) is 3.27. The van der Waals surface area contributed by atoms with Crippen molar-refractivity contribution in [2.75, 3.05) is 97.3 Å². The maximum absolute atomic E-state index is 12.2. The Morgan fingerprint density at radius 1 is 0.783 bits per heavy atom. The van der Waals surface area contributed by atoms with Crippen LogP contribution in [0.1, 0.15) is 26.8 Å². The van der Waals surface area contributed by atoms with Crippen LogP contribution in [0, 0.1) is 0 Å². The molecule has 324 valence electrons. The van der Waals surface area contributed by atoms with Gasteiger partial charge in [0.25, 0.3) is 23.6 Å². The number of morpholine rings is 2. The van der Waals surface area contributed by atoms with Gasteiger partial charge in [0, 0.05) is 56.0 Å². The number of nitrogens with one attached hydrogen (secondary N) is 2. The molecule has 2 aromatic heterocycles. The van der Waals surface area contributed by atoms with Crippen LogP contribution >= 0.6 is 68.5 Å². The fraction of sp³-hybridized carbons (Fsp3) is 0.375. The first-order chi connectivity index (χ1) is 28.4. The first-order valence-corrected chi connectivity index (χ1v) is 22.8. The highest BCUT2D eigenvalue weighted by Crippen LogP contribution is 2.27. The lowest BCUT2D eigenvalue weighted by Crippen LogP contribution is -2.41. The zero-order chi connectivity index (χ0) is 42.5. The van der Waals surface area contributed by atoms with Crippen LogP contribution < -0.4 is 30.2 Å². The molecule has 2 atom stereocenters. The number of benzene rings is 2. The van der Waals surface area contributed by atoms with E-state index in [9.17, 15) is 29.1 Å². The molecular formula is C40H47Cl2IN6O9S2. The number of aliphatic hydroxyl groups is 1. The van der Waals surface area contributed by atoms with E-state index >= 15 is 0 Å². The fourth-order valence-electron chi connectivity index (χ4n) is 6.07. The lowest BCUT2D eigenvalue weighted by Gasteiger charge is -2.28. The SMILES string of the molecule is C.CI.CN(C[C@@H](O)CNC(=O)c1ccc(Cl)s1)c1ccc(N2CCOCC2=O)cc1.O=C(NC[C@H]1CN(c2ccc(N3CCOCC3=O)cc2)C(=O)O1)c1ccc(Cl)s1. The molecule has 20 heteroatoms. The lowest BCUT2D eigenvalue weighted by molar-refractivity contribution is -0.126. The predicted octanol–water partition coefficient (Wildman–Crippen LogP) is 6.20. The largest absolute Gasteiger partial charge is 0.442 e. The van der Waals surface area contributed by atoms with Crippen LogP contribution in [0.5, 0.6) is 0 Å². The smallest absolute Gasteiger partial charge is 0.414 e. The number of hydrogen-bond donors (Lipinski definition) is 3. The van der Waals surface area contributed by atoms with Gasteiger partial charge in [0.2, 0.25) is 0 Å². The molecule has 0 spiro atoms. The summed E-state index contributed by atoms with van der Waals surface area (Å²) >= 11 is 16.2. The van der Waals surface area contributed by atoms with Crippen molar-refractivity contribution in [2.45, 2.75) is 19.6 Å². The molecule has 5 amide bonds. The number of likely N-dealkylation sites (N-methyl/N-ethyl adjacent to an activating group) is 1. The Morgan fingerprint density at radius 2 is 1.25 bits per heavy atom. The number of hydrogen-bond acceptors (Lipinski definition) is 12. The molecule has 0 radical (unpaired) electrons. The van der Waals surface area contributed by atoms with Crippen molar-refractivity contribution < 1.29 is 43.3 Å². The van der Waals surface area contributed by atoms with Crippen LogP contribution in [0.3, 0.4) is 0 Å². The van der Waals surface area contributed by atoms with Gasteiger partial charge in [-0.05, 0) is 77.7 Å². The topological polar surface area (TPSA) is 170 Å². The Balaban J connectivity index is 0.000000250. The van der Waals surface area contributed by atoms with Gasteiger partial charge in [0.15, 0.2) is 0 Å². The second kappa shape index (κ2) is 23.8. The quantitative estimate of drug-likeness (QED) is 0.110.